The maximum atomic E-state index is 12.0. The van der Waals surface area contributed by atoms with Crippen LogP contribution in [0.25, 0.3) is 12.2 Å². The molecular weight excluding hydrogens is 366 g/mol. The summed E-state index contributed by atoms with van der Waals surface area (Å²) in [5, 5.41) is 9.68. The molecule has 5 nitrogen and oxygen atoms in total. The molecule has 0 saturated heterocycles. The fourth-order valence-corrected chi connectivity index (χ4v) is 2.19. The van der Waals surface area contributed by atoms with Crippen LogP contribution in [0.2, 0.25) is 5.02 Å². The Kier molecular flexibility index (Phi) is 7.36. The number of carbonyl (C=O) groups excluding carboxylic acids is 2. The Bertz CT molecular complexity index is 924. The molecule has 0 heterocycles. The van der Waals surface area contributed by atoms with Crippen molar-refractivity contribution in [2.24, 2.45) is 0 Å². The lowest BCUT2D eigenvalue weighted by atomic mass is 10.1. The monoisotopic (exact) mass is 381 g/mol. The largest absolute Gasteiger partial charge is 0.462 e. The van der Waals surface area contributed by atoms with Crippen LogP contribution in [-0.4, -0.2) is 18.5 Å². The number of ether oxygens (including phenoxy) is 2. The summed E-state index contributed by atoms with van der Waals surface area (Å²) in [6, 6.07) is 15.3. The minimum Gasteiger partial charge on any atom is -0.462 e. The molecule has 0 amide bonds. The van der Waals surface area contributed by atoms with E-state index in [4.69, 9.17) is 26.3 Å². The van der Waals surface area contributed by atoms with Crippen molar-refractivity contribution in [2.75, 3.05) is 6.61 Å². The lowest BCUT2D eigenvalue weighted by molar-refractivity contribution is -0.138. The Morgan fingerprint density at radius 3 is 2.56 bits per heavy atom. The normalized spacial score (nSPS) is 11.1. The number of carbonyl (C=O) groups is 2. The summed E-state index contributed by atoms with van der Waals surface area (Å²) in [5.74, 6) is -0.971. The lowest BCUT2D eigenvalue weighted by Gasteiger charge is -2.03. The number of benzene rings is 2. The van der Waals surface area contributed by atoms with Crippen molar-refractivity contribution < 1.29 is 19.1 Å². The van der Waals surface area contributed by atoms with Crippen LogP contribution in [0.15, 0.2) is 60.2 Å². The van der Waals surface area contributed by atoms with Gasteiger partial charge >= 0.3 is 11.9 Å². The first-order chi connectivity index (χ1) is 13.0. The van der Waals surface area contributed by atoms with Gasteiger partial charge in [0.05, 0.1) is 6.61 Å². The zero-order valence-corrected chi connectivity index (χ0v) is 15.3. The Labute approximate surface area is 162 Å². The van der Waals surface area contributed by atoms with Crippen LogP contribution in [0.4, 0.5) is 0 Å². The first kappa shape index (κ1) is 20.0. The molecule has 2 aromatic carbocycles. The Morgan fingerprint density at radius 2 is 1.89 bits per heavy atom. The molecule has 0 aromatic heterocycles. The van der Waals surface area contributed by atoms with E-state index >= 15 is 0 Å². The average molecular weight is 382 g/mol. The van der Waals surface area contributed by atoms with Gasteiger partial charge in [-0.05, 0) is 54.5 Å². The van der Waals surface area contributed by atoms with Crippen molar-refractivity contribution in [3.8, 4) is 11.8 Å². The second kappa shape index (κ2) is 9.95. The summed E-state index contributed by atoms with van der Waals surface area (Å²) in [7, 11) is 0. The Balaban J connectivity index is 2.08. The van der Waals surface area contributed by atoms with Gasteiger partial charge in [-0.1, -0.05) is 35.9 Å². The molecule has 0 unspecified atom stereocenters. The molecule has 2 aromatic rings. The van der Waals surface area contributed by atoms with Crippen molar-refractivity contribution in [1.29, 1.82) is 5.26 Å². The molecule has 0 bridgehead atoms. The summed E-state index contributed by atoms with van der Waals surface area (Å²) in [6.45, 7) is 1.83. The molecule has 2 rings (SSSR count). The van der Waals surface area contributed by atoms with Gasteiger partial charge in [0.1, 0.15) is 17.4 Å². The van der Waals surface area contributed by atoms with Crippen molar-refractivity contribution >= 4 is 35.7 Å². The van der Waals surface area contributed by atoms with Gasteiger partial charge in [0.15, 0.2) is 0 Å². The van der Waals surface area contributed by atoms with E-state index in [1.807, 2.05) is 0 Å². The van der Waals surface area contributed by atoms with Gasteiger partial charge in [-0.2, -0.15) is 5.26 Å². The molecule has 136 valence electrons. The molecule has 0 aliphatic rings. The van der Waals surface area contributed by atoms with Gasteiger partial charge < -0.3 is 9.47 Å². The van der Waals surface area contributed by atoms with E-state index < -0.39 is 11.9 Å². The molecule has 0 aliphatic carbocycles. The molecular formula is C21H16ClNO4. The number of rotatable bonds is 6. The predicted octanol–water partition coefficient (Wildman–Crippen LogP) is 4.43. The first-order valence-electron chi connectivity index (χ1n) is 8.06. The zero-order valence-electron chi connectivity index (χ0n) is 14.5. The maximum Gasteiger partial charge on any atom is 0.348 e. The highest BCUT2D eigenvalue weighted by atomic mass is 35.5. The van der Waals surface area contributed by atoms with Crippen LogP contribution in [0.5, 0.6) is 5.75 Å². The van der Waals surface area contributed by atoms with Crippen molar-refractivity contribution in [2.45, 2.75) is 6.92 Å². The maximum absolute atomic E-state index is 12.0. The van der Waals surface area contributed by atoms with Crippen LogP contribution >= 0.6 is 11.6 Å². The highest BCUT2D eigenvalue weighted by Gasteiger charge is 2.10. The van der Waals surface area contributed by atoms with Crippen molar-refractivity contribution in [1.82, 2.24) is 0 Å². The van der Waals surface area contributed by atoms with Gasteiger partial charge in [-0.15, -0.1) is 0 Å². The van der Waals surface area contributed by atoms with E-state index in [9.17, 15) is 9.59 Å². The Morgan fingerprint density at radius 1 is 1.15 bits per heavy atom. The predicted molar refractivity (Wildman–Crippen MR) is 103 cm³/mol. The first-order valence-corrected chi connectivity index (χ1v) is 8.44. The van der Waals surface area contributed by atoms with Crippen LogP contribution in [0.3, 0.4) is 0 Å². The third-order valence-electron chi connectivity index (χ3n) is 3.29. The summed E-state index contributed by atoms with van der Waals surface area (Å²) in [6.07, 6.45) is 4.28. The number of esters is 2. The molecule has 0 radical (unpaired) electrons. The fourth-order valence-electron chi connectivity index (χ4n) is 2.07. The number of hydrogen-bond donors (Lipinski definition) is 0. The van der Waals surface area contributed by atoms with Crippen LogP contribution < -0.4 is 4.74 Å². The molecule has 0 saturated carbocycles. The minimum absolute atomic E-state index is 0.136. The number of halogens is 1. The van der Waals surface area contributed by atoms with Gasteiger partial charge in [0, 0.05) is 11.1 Å². The third-order valence-corrected chi connectivity index (χ3v) is 3.54. The van der Waals surface area contributed by atoms with Crippen LogP contribution in [-0.2, 0) is 14.3 Å². The second-order valence-electron chi connectivity index (χ2n) is 5.27. The summed E-state index contributed by atoms with van der Waals surface area (Å²) in [5.41, 5.74) is 1.20. The number of nitriles is 1. The van der Waals surface area contributed by atoms with E-state index in [2.05, 4.69) is 0 Å². The summed E-state index contributed by atoms with van der Waals surface area (Å²) in [4.78, 5) is 23.6. The quantitative estimate of drug-likeness (QED) is 0.320. The smallest absolute Gasteiger partial charge is 0.348 e. The van der Waals surface area contributed by atoms with E-state index in [1.54, 1.807) is 67.6 Å². The van der Waals surface area contributed by atoms with Crippen molar-refractivity contribution in [3.05, 3.63) is 76.3 Å². The summed E-state index contributed by atoms with van der Waals surface area (Å²) < 4.78 is 10.1. The molecule has 0 spiro atoms. The SMILES string of the molecule is CCOC(=O)/C(C#N)=C/c1cccc(OC(=O)/C=C/c2ccc(Cl)cc2)c1. The highest BCUT2D eigenvalue weighted by molar-refractivity contribution is 6.30. The standard InChI is InChI=1S/C21H16ClNO4/c1-2-26-21(25)17(14-23)12-16-4-3-5-19(13-16)27-20(24)11-8-15-6-9-18(22)10-7-15/h3-13H,2H2,1H3/b11-8+,17-12+. The lowest BCUT2D eigenvalue weighted by Crippen LogP contribution is -2.06. The highest BCUT2D eigenvalue weighted by Crippen LogP contribution is 2.17. The number of hydrogen-bond acceptors (Lipinski definition) is 5. The van der Waals surface area contributed by atoms with Gasteiger partial charge in [-0.3, -0.25) is 0 Å². The molecule has 0 fully saturated rings. The van der Waals surface area contributed by atoms with Crippen LogP contribution in [0.1, 0.15) is 18.1 Å². The van der Waals surface area contributed by atoms with E-state index in [-0.39, 0.29) is 17.9 Å². The zero-order chi connectivity index (χ0) is 19.6. The van der Waals surface area contributed by atoms with E-state index in [0.29, 0.717) is 10.6 Å². The second-order valence-corrected chi connectivity index (χ2v) is 5.71. The number of nitrogens with zero attached hydrogens (tertiary/aromatic N) is 1. The van der Waals surface area contributed by atoms with Gasteiger partial charge in [-0.25, -0.2) is 9.59 Å². The van der Waals surface area contributed by atoms with E-state index in [0.717, 1.165) is 5.56 Å². The average Bonchev–Trinajstić information content (AvgIpc) is 2.66. The molecule has 6 heteroatoms. The Hall–Kier alpha value is -3.36. The minimum atomic E-state index is -0.701. The fraction of sp³-hybridized carbons (Fsp3) is 0.0952. The molecule has 0 atom stereocenters. The van der Waals surface area contributed by atoms with E-state index in [1.165, 1.54) is 12.2 Å². The molecule has 0 aliphatic heterocycles. The van der Waals surface area contributed by atoms with Gasteiger partial charge in [0.25, 0.3) is 0 Å². The molecule has 27 heavy (non-hydrogen) atoms. The third kappa shape index (κ3) is 6.46. The van der Waals surface area contributed by atoms with Gasteiger partial charge in [0.2, 0.25) is 0 Å². The topological polar surface area (TPSA) is 76.4 Å². The van der Waals surface area contributed by atoms with Crippen molar-refractivity contribution in [3.63, 3.8) is 0 Å². The van der Waals surface area contributed by atoms with Crippen LogP contribution in [0, 0.1) is 11.3 Å². The molecule has 0 N–H and O–H groups in total. The summed E-state index contributed by atoms with van der Waals surface area (Å²) >= 11 is 5.81.